The first-order valence-corrected chi connectivity index (χ1v) is 8.86. The molecule has 0 N–H and O–H groups in total. The van der Waals surface area contributed by atoms with Crippen LogP contribution in [0.3, 0.4) is 0 Å². The smallest absolute Gasteiger partial charge is 0.227 e. The maximum absolute atomic E-state index is 12.9. The Morgan fingerprint density at radius 2 is 1.58 bits per heavy atom. The maximum atomic E-state index is 12.9. The Hall–Kier alpha value is -1.91. The van der Waals surface area contributed by atoms with Crippen LogP contribution in [0.2, 0.25) is 0 Å². The van der Waals surface area contributed by atoms with E-state index in [1.807, 2.05) is 23.6 Å². The zero-order chi connectivity index (χ0) is 17.5. The van der Waals surface area contributed by atoms with Crippen molar-refractivity contribution in [3.8, 4) is 0 Å². The summed E-state index contributed by atoms with van der Waals surface area (Å²) in [4.78, 5) is 28.7. The number of amides is 2. The fourth-order valence-electron chi connectivity index (χ4n) is 3.17. The van der Waals surface area contributed by atoms with Gasteiger partial charge in [-0.2, -0.15) is 0 Å². The van der Waals surface area contributed by atoms with Crippen LogP contribution < -0.4 is 0 Å². The average molecular weight is 334 g/mol. The van der Waals surface area contributed by atoms with Crippen LogP contribution in [-0.4, -0.2) is 47.8 Å². The van der Waals surface area contributed by atoms with Gasteiger partial charge in [-0.25, -0.2) is 4.39 Å². The van der Waals surface area contributed by atoms with E-state index < -0.39 is 0 Å². The van der Waals surface area contributed by atoms with Crippen LogP contribution in [0, 0.1) is 11.7 Å². The van der Waals surface area contributed by atoms with Gasteiger partial charge in [-0.3, -0.25) is 9.59 Å². The van der Waals surface area contributed by atoms with Gasteiger partial charge in [-0.05, 0) is 37.0 Å². The highest BCUT2D eigenvalue weighted by Crippen LogP contribution is 2.15. The van der Waals surface area contributed by atoms with Gasteiger partial charge in [0.1, 0.15) is 5.82 Å². The molecule has 1 heterocycles. The largest absolute Gasteiger partial charge is 0.341 e. The Balaban J connectivity index is 1.91. The van der Waals surface area contributed by atoms with Crippen molar-refractivity contribution < 1.29 is 14.0 Å². The summed E-state index contributed by atoms with van der Waals surface area (Å²) in [5, 5.41) is 0. The number of benzene rings is 1. The molecule has 1 aliphatic heterocycles. The molecule has 1 saturated heterocycles. The molecule has 1 aromatic carbocycles. The molecule has 1 aliphatic rings. The first kappa shape index (κ1) is 18.4. The van der Waals surface area contributed by atoms with Crippen molar-refractivity contribution in [2.75, 3.05) is 26.2 Å². The van der Waals surface area contributed by atoms with Gasteiger partial charge in [0.15, 0.2) is 0 Å². The highest BCUT2D eigenvalue weighted by atomic mass is 19.1. The molecule has 5 heteroatoms. The van der Waals surface area contributed by atoms with E-state index in [1.54, 1.807) is 12.1 Å². The summed E-state index contributed by atoms with van der Waals surface area (Å²) >= 11 is 0. The Morgan fingerprint density at radius 3 is 2.21 bits per heavy atom. The van der Waals surface area contributed by atoms with Gasteiger partial charge in [0.05, 0.1) is 6.42 Å². The van der Waals surface area contributed by atoms with E-state index in [0.29, 0.717) is 19.6 Å². The molecular weight excluding hydrogens is 307 g/mol. The highest BCUT2D eigenvalue weighted by molar-refractivity contribution is 5.80. The zero-order valence-electron chi connectivity index (χ0n) is 14.6. The number of halogens is 1. The zero-order valence-corrected chi connectivity index (χ0v) is 14.6. The number of hydrogen-bond donors (Lipinski definition) is 0. The lowest BCUT2D eigenvalue weighted by molar-refractivity contribution is -0.136. The second-order valence-electron chi connectivity index (χ2n) is 6.38. The van der Waals surface area contributed by atoms with Crippen molar-refractivity contribution in [3.63, 3.8) is 0 Å². The van der Waals surface area contributed by atoms with Crippen molar-refractivity contribution in [3.05, 3.63) is 35.6 Å². The molecule has 0 bridgehead atoms. The van der Waals surface area contributed by atoms with Crippen LogP contribution >= 0.6 is 0 Å². The summed E-state index contributed by atoms with van der Waals surface area (Å²) in [6.45, 7) is 6.66. The predicted octanol–water partition coefficient (Wildman–Crippen LogP) is 2.87. The molecule has 0 spiro atoms. The van der Waals surface area contributed by atoms with E-state index in [9.17, 15) is 14.0 Å². The van der Waals surface area contributed by atoms with Crippen LogP contribution in [0.25, 0.3) is 0 Å². The first-order valence-electron chi connectivity index (χ1n) is 8.86. The number of carbonyl (C=O) groups excluding carboxylic acids is 2. The standard InChI is InChI=1S/C19H27FN2O2/c1-3-16(4-2)19(24)22-11-5-10-21(12-13-22)18(23)14-15-6-8-17(20)9-7-15/h6-9,16H,3-5,10-14H2,1-2H3. The molecule has 2 amide bonds. The van der Waals surface area contributed by atoms with E-state index in [2.05, 4.69) is 0 Å². The van der Waals surface area contributed by atoms with E-state index in [1.165, 1.54) is 12.1 Å². The Labute approximate surface area is 143 Å². The topological polar surface area (TPSA) is 40.6 Å². The van der Waals surface area contributed by atoms with Crippen molar-refractivity contribution in [1.29, 1.82) is 0 Å². The SMILES string of the molecule is CCC(CC)C(=O)N1CCCN(C(=O)Cc2ccc(F)cc2)CC1. The van der Waals surface area contributed by atoms with E-state index in [4.69, 9.17) is 0 Å². The Kier molecular flexibility index (Phi) is 6.76. The van der Waals surface area contributed by atoms with Gasteiger partial charge < -0.3 is 9.80 Å². The van der Waals surface area contributed by atoms with Gasteiger partial charge in [-0.15, -0.1) is 0 Å². The number of nitrogens with zero attached hydrogens (tertiary/aromatic N) is 2. The van der Waals surface area contributed by atoms with E-state index in [0.717, 1.165) is 31.4 Å². The lowest BCUT2D eigenvalue weighted by Crippen LogP contribution is -2.40. The normalized spacial score (nSPS) is 15.5. The van der Waals surface area contributed by atoms with Crippen LogP contribution in [0.4, 0.5) is 4.39 Å². The third kappa shape index (κ3) is 4.79. The van der Waals surface area contributed by atoms with Crippen molar-refractivity contribution in [1.82, 2.24) is 9.80 Å². The lowest BCUT2D eigenvalue weighted by Gasteiger charge is -2.25. The van der Waals surface area contributed by atoms with Gasteiger partial charge >= 0.3 is 0 Å². The monoisotopic (exact) mass is 334 g/mol. The minimum absolute atomic E-state index is 0.0402. The van der Waals surface area contributed by atoms with Crippen molar-refractivity contribution >= 4 is 11.8 Å². The second-order valence-corrected chi connectivity index (χ2v) is 6.38. The van der Waals surface area contributed by atoms with Crippen molar-refractivity contribution in [2.45, 2.75) is 39.5 Å². The molecule has 0 saturated carbocycles. The second kappa shape index (κ2) is 8.81. The molecule has 0 aromatic heterocycles. The van der Waals surface area contributed by atoms with Crippen LogP contribution in [-0.2, 0) is 16.0 Å². The molecule has 132 valence electrons. The molecule has 0 radical (unpaired) electrons. The number of rotatable bonds is 5. The van der Waals surface area contributed by atoms with Gasteiger partial charge in [0.25, 0.3) is 0 Å². The summed E-state index contributed by atoms with van der Waals surface area (Å²) in [6.07, 6.45) is 2.81. The Bertz CT molecular complexity index is 555. The summed E-state index contributed by atoms with van der Waals surface area (Å²) in [5.41, 5.74) is 0.815. The fourth-order valence-corrected chi connectivity index (χ4v) is 3.17. The summed E-state index contributed by atoms with van der Waals surface area (Å²) in [5.74, 6) is 0.0502. The van der Waals surface area contributed by atoms with E-state index >= 15 is 0 Å². The highest BCUT2D eigenvalue weighted by Gasteiger charge is 2.25. The molecule has 1 fully saturated rings. The summed E-state index contributed by atoms with van der Waals surface area (Å²) < 4.78 is 12.9. The molecule has 1 aromatic rings. The van der Waals surface area contributed by atoms with Crippen molar-refractivity contribution in [2.24, 2.45) is 5.92 Å². The molecule has 4 nitrogen and oxygen atoms in total. The number of hydrogen-bond acceptors (Lipinski definition) is 2. The first-order chi connectivity index (χ1) is 11.5. The quantitative estimate of drug-likeness (QED) is 0.831. The van der Waals surface area contributed by atoms with Gasteiger partial charge in [0.2, 0.25) is 11.8 Å². The molecule has 0 unspecified atom stereocenters. The predicted molar refractivity (Wildman–Crippen MR) is 92.0 cm³/mol. The van der Waals surface area contributed by atoms with Crippen LogP contribution in [0.15, 0.2) is 24.3 Å². The summed E-state index contributed by atoms with van der Waals surface area (Å²) in [7, 11) is 0. The Morgan fingerprint density at radius 1 is 1.00 bits per heavy atom. The van der Waals surface area contributed by atoms with Gasteiger partial charge in [0, 0.05) is 32.1 Å². The minimum Gasteiger partial charge on any atom is -0.341 e. The third-order valence-corrected chi connectivity index (χ3v) is 4.76. The average Bonchev–Trinajstić information content (AvgIpc) is 2.84. The number of carbonyl (C=O) groups is 2. The molecular formula is C19H27FN2O2. The molecule has 2 rings (SSSR count). The van der Waals surface area contributed by atoms with Gasteiger partial charge in [-0.1, -0.05) is 26.0 Å². The fraction of sp³-hybridized carbons (Fsp3) is 0.579. The minimum atomic E-state index is -0.295. The lowest BCUT2D eigenvalue weighted by atomic mass is 10.0. The third-order valence-electron chi connectivity index (χ3n) is 4.76. The summed E-state index contributed by atoms with van der Waals surface area (Å²) in [6, 6.07) is 6.05. The molecule has 0 aliphatic carbocycles. The maximum Gasteiger partial charge on any atom is 0.227 e. The van der Waals surface area contributed by atoms with Crippen LogP contribution in [0.1, 0.15) is 38.7 Å². The van der Waals surface area contributed by atoms with E-state index in [-0.39, 0.29) is 30.0 Å². The van der Waals surface area contributed by atoms with Crippen LogP contribution in [0.5, 0.6) is 0 Å². The molecule has 0 atom stereocenters. The molecule has 24 heavy (non-hydrogen) atoms.